The van der Waals surface area contributed by atoms with E-state index in [0.717, 1.165) is 49.4 Å². The van der Waals surface area contributed by atoms with Crippen molar-refractivity contribution >= 4 is 0 Å². The number of hydrogen-bond acceptors (Lipinski definition) is 5. The van der Waals surface area contributed by atoms with Crippen LogP contribution >= 0.6 is 0 Å². The summed E-state index contributed by atoms with van der Waals surface area (Å²) in [7, 11) is 1.98. The van der Waals surface area contributed by atoms with Gasteiger partial charge in [-0.15, -0.1) is 10.2 Å². The van der Waals surface area contributed by atoms with Gasteiger partial charge < -0.3 is 14.5 Å². The fourth-order valence-corrected chi connectivity index (χ4v) is 3.69. The van der Waals surface area contributed by atoms with Gasteiger partial charge in [0.15, 0.2) is 5.82 Å². The minimum atomic E-state index is 0.766. The van der Waals surface area contributed by atoms with Crippen molar-refractivity contribution in [2.75, 3.05) is 26.2 Å². The summed E-state index contributed by atoms with van der Waals surface area (Å²) in [6, 6.07) is 0. The largest absolute Gasteiger partial charge is 0.340 e. The summed E-state index contributed by atoms with van der Waals surface area (Å²) in [4.78, 5) is 6.94. The van der Waals surface area contributed by atoms with Gasteiger partial charge in [-0.05, 0) is 31.8 Å². The van der Waals surface area contributed by atoms with Crippen molar-refractivity contribution in [1.82, 2.24) is 34.5 Å². The maximum absolute atomic E-state index is 4.41. The van der Waals surface area contributed by atoms with Crippen LogP contribution in [-0.2, 0) is 20.1 Å². The third kappa shape index (κ3) is 3.16. The van der Waals surface area contributed by atoms with Gasteiger partial charge in [-0.25, -0.2) is 4.98 Å². The lowest BCUT2D eigenvalue weighted by Gasteiger charge is -2.30. The molecule has 0 bridgehead atoms. The molecule has 1 unspecified atom stereocenters. The van der Waals surface area contributed by atoms with Crippen LogP contribution in [0.5, 0.6) is 0 Å². The number of nitrogens with one attached hydrogen (secondary N) is 1. The Morgan fingerprint density at radius 2 is 2.22 bits per heavy atom. The van der Waals surface area contributed by atoms with Crippen LogP contribution in [0.2, 0.25) is 0 Å². The Morgan fingerprint density at radius 1 is 1.26 bits per heavy atom. The van der Waals surface area contributed by atoms with E-state index in [-0.39, 0.29) is 0 Å². The minimum absolute atomic E-state index is 0.766. The van der Waals surface area contributed by atoms with Crippen molar-refractivity contribution in [3.63, 3.8) is 0 Å². The Kier molecular flexibility index (Phi) is 4.13. The molecule has 1 N–H and O–H groups in total. The van der Waals surface area contributed by atoms with Crippen LogP contribution in [0.15, 0.2) is 12.5 Å². The fourth-order valence-electron chi connectivity index (χ4n) is 3.69. The molecule has 4 rings (SSSR count). The van der Waals surface area contributed by atoms with E-state index in [4.69, 9.17) is 0 Å². The fraction of sp³-hybridized carbons (Fsp3) is 0.688. The van der Waals surface area contributed by atoms with Crippen molar-refractivity contribution in [1.29, 1.82) is 0 Å². The Hall–Kier alpha value is -1.73. The maximum Gasteiger partial charge on any atom is 0.184 e. The van der Waals surface area contributed by atoms with Crippen molar-refractivity contribution in [3.05, 3.63) is 18.3 Å². The predicted molar refractivity (Wildman–Crippen MR) is 87.7 cm³/mol. The van der Waals surface area contributed by atoms with E-state index in [1.54, 1.807) is 0 Å². The molecule has 0 saturated carbocycles. The highest BCUT2D eigenvalue weighted by Gasteiger charge is 2.24. The van der Waals surface area contributed by atoms with Gasteiger partial charge >= 0.3 is 0 Å². The number of imidazole rings is 1. The van der Waals surface area contributed by atoms with Crippen molar-refractivity contribution < 1.29 is 0 Å². The zero-order valence-corrected chi connectivity index (χ0v) is 13.8. The topological polar surface area (TPSA) is 63.8 Å². The number of aryl methyl sites for hydroxylation is 1. The highest BCUT2D eigenvalue weighted by molar-refractivity contribution is 5.48. The van der Waals surface area contributed by atoms with Gasteiger partial charge in [0.05, 0.1) is 12.9 Å². The molecule has 2 aromatic heterocycles. The molecule has 0 aliphatic carbocycles. The van der Waals surface area contributed by atoms with Gasteiger partial charge in [0.1, 0.15) is 11.5 Å². The van der Waals surface area contributed by atoms with E-state index in [1.807, 2.05) is 24.1 Å². The lowest BCUT2D eigenvalue weighted by molar-refractivity contribution is 0.181. The van der Waals surface area contributed by atoms with E-state index in [2.05, 4.69) is 30.0 Å². The Bertz CT molecular complexity index is 651. The molecule has 124 valence electrons. The average Bonchev–Trinajstić information content (AvgIpc) is 3.07. The van der Waals surface area contributed by atoms with Gasteiger partial charge in [-0.1, -0.05) is 6.42 Å². The molecule has 1 saturated heterocycles. The molecular weight excluding hydrogens is 290 g/mol. The number of rotatable bonds is 3. The molecule has 23 heavy (non-hydrogen) atoms. The van der Waals surface area contributed by atoms with E-state index in [0.29, 0.717) is 0 Å². The normalized spacial score (nSPS) is 22.7. The molecule has 7 heteroatoms. The van der Waals surface area contributed by atoms with E-state index >= 15 is 0 Å². The van der Waals surface area contributed by atoms with Gasteiger partial charge in [-0.3, -0.25) is 4.90 Å². The van der Waals surface area contributed by atoms with Crippen LogP contribution in [0.25, 0.3) is 11.5 Å². The zero-order valence-electron chi connectivity index (χ0n) is 13.8. The van der Waals surface area contributed by atoms with Crippen LogP contribution in [-0.4, -0.2) is 55.4 Å². The third-order valence-electron chi connectivity index (χ3n) is 4.93. The van der Waals surface area contributed by atoms with Gasteiger partial charge in [0, 0.05) is 32.9 Å². The maximum atomic E-state index is 4.41. The monoisotopic (exact) mass is 315 g/mol. The summed E-state index contributed by atoms with van der Waals surface area (Å²) in [6.07, 6.45) is 7.82. The molecule has 7 nitrogen and oxygen atoms in total. The number of nitrogens with zero attached hydrogens (tertiary/aromatic N) is 6. The summed E-state index contributed by atoms with van der Waals surface area (Å²) >= 11 is 0. The Morgan fingerprint density at radius 3 is 3.09 bits per heavy atom. The molecule has 0 radical (unpaired) electrons. The van der Waals surface area contributed by atoms with Crippen LogP contribution in [0.3, 0.4) is 0 Å². The Labute approximate surface area is 136 Å². The molecule has 4 heterocycles. The van der Waals surface area contributed by atoms with Crippen LogP contribution in [0.4, 0.5) is 0 Å². The molecule has 2 aromatic rings. The quantitative estimate of drug-likeness (QED) is 0.911. The molecule has 0 aromatic carbocycles. The second kappa shape index (κ2) is 6.41. The first-order valence-electron chi connectivity index (χ1n) is 8.63. The van der Waals surface area contributed by atoms with Gasteiger partial charge in [0.25, 0.3) is 0 Å². The van der Waals surface area contributed by atoms with Crippen LogP contribution in [0.1, 0.15) is 25.1 Å². The van der Waals surface area contributed by atoms with Crippen molar-refractivity contribution in [3.8, 4) is 11.5 Å². The standard InChI is InChI=1S/C16H25N7/c1-21-10-14(18-12-21)16-20-19-15-11-22(6-7-23(15)16)9-13-4-2-3-5-17-8-13/h10,12-13,17H,2-9,11H2,1H3. The Balaban J connectivity index is 1.44. The second-order valence-electron chi connectivity index (χ2n) is 6.82. The first-order chi connectivity index (χ1) is 11.3. The molecule has 0 amide bonds. The number of aromatic nitrogens is 5. The highest BCUT2D eigenvalue weighted by atomic mass is 15.3. The first kappa shape index (κ1) is 14.8. The average molecular weight is 315 g/mol. The zero-order chi connectivity index (χ0) is 15.6. The number of fused-ring (bicyclic) bond motifs is 1. The summed E-state index contributed by atoms with van der Waals surface area (Å²) in [6.45, 7) is 6.42. The van der Waals surface area contributed by atoms with Crippen molar-refractivity contribution in [2.45, 2.75) is 32.4 Å². The molecule has 2 aliphatic heterocycles. The molecule has 0 spiro atoms. The molecule has 2 aliphatic rings. The summed E-state index contributed by atoms with van der Waals surface area (Å²) in [5, 5.41) is 12.3. The first-order valence-corrected chi connectivity index (χ1v) is 8.63. The summed E-state index contributed by atoms with van der Waals surface area (Å²) < 4.78 is 4.18. The second-order valence-corrected chi connectivity index (χ2v) is 6.82. The van der Waals surface area contributed by atoms with Crippen LogP contribution in [0, 0.1) is 5.92 Å². The van der Waals surface area contributed by atoms with Gasteiger partial charge in [-0.2, -0.15) is 0 Å². The van der Waals surface area contributed by atoms with Gasteiger partial charge in [0.2, 0.25) is 0 Å². The SMILES string of the molecule is Cn1cnc(-c2nnc3n2CCN(CC2CCCCNC2)C3)c1. The van der Waals surface area contributed by atoms with Crippen molar-refractivity contribution in [2.24, 2.45) is 13.0 Å². The molecule has 1 fully saturated rings. The van der Waals surface area contributed by atoms with E-state index < -0.39 is 0 Å². The summed E-state index contributed by atoms with van der Waals surface area (Å²) in [5.41, 5.74) is 0.910. The van der Waals surface area contributed by atoms with Crippen LogP contribution < -0.4 is 5.32 Å². The number of hydrogen-bond donors (Lipinski definition) is 1. The third-order valence-corrected chi connectivity index (χ3v) is 4.93. The predicted octanol–water partition coefficient (Wildman–Crippen LogP) is 0.884. The minimum Gasteiger partial charge on any atom is -0.340 e. The molecule has 1 atom stereocenters. The highest BCUT2D eigenvalue weighted by Crippen LogP contribution is 2.21. The molecular formula is C16H25N7. The summed E-state index contributed by atoms with van der Waals surface area (Å²) in [5.74, 6) is 2.73. The van der Waals surface area contributed by atoms with E-state index in [1.165, 1.54) is 32.4 Å². The smallest absolute Gasteiger partial charge is 0.184 e. The lowest BCUT2D eigenvalue weighted by Crippen LogP contribution is -2.39. The lowest BCUT2D eigenvalue weighted by atomic mass is 10.0. The van der Waals surface area contributed by atoms with E-state index in [9.17, 15) is 0 Å².